The topological polar surface area (TPSA) is 46.1 Å². The monoisotopic (exact) mass is 253 g/mol. The molecule has 0 radical (unpaired) electrons. The highest BCUT2D eigenvalue weighted by Gasteiger charge is 2.14. The van der Waals surface area contributed by atoms with E-state index in [0.717, 1.165) is 25.1 Å². The van der Waals surface area contributed by atoms with Crippen molar-refractivity contribution in [2.45, 2.75) is 33.1 Å². The number of hydrogen-bond acceptors (Lipinski definition) is 4. The van der Waals surface area contributed by atoms with E-state index in [2.05, 4.69) is 29.5 Å². The number of nitrogens with zero attached hydrogens (tertiary/aromatic N) is 3. The van der Waals surface area contributed by atoms with Gasteiger partial charge in [-0.1, -0.05) is 13.8 Å². The molecular formula is C12H19N3OS. The molecule has 1 amide bonds. The fourth-order valence-corrected chi connectivity index (χ4v) is 1.73. The Morgan fingerprint density at radius 3 is 2.76 bits per heavy atom. The highest BCUT2D eigenvalue weighted by atomic mass is 32.1. The average molecular weight is 253 g/mol. The fraction of sp³-hybridized carbons (Fsp3) is 0.583. The molecule has 5 heteroatoms. The quantitative estimate of drug-likeness (QED) is 0.790. The number of aromatic nitrogens is 2. The Balaban J connectivity index is 2.92. The Hall–Kier alpha value is -1.10. The zero-order valence-electron chi connectivity index (χ0n) is 10.4. The second kappa shape index (κ2) is 7.27. The summed E-state index contributed by atoms with van der Waals surface area (Å²) in [7, 11) is 0. The van der Waals surface area contributed by atoms with E-state index in [1.54, 1.807) is 17.2 Å². The number of rotatable bonds is 6. The number of hydrogen-bond donors (Lipinski definition) is 1. The van der Waals surface area contributed by atoms with E-state index in [0.29, 0.717) is 12.4 Å². The van der Waals surface area contributed by atoms with E-state index in [4.69, 9.17) is 0 Å². The zero-order valence-corrected chi connectivity index (χ0v) is 11.3. The first-order valence-corrected chi connectivity index (χ1v) is 6.59. The summed E-state index contributed by atoms with van der Waals surface area (Å²) in [6.07, 6.45) is 4.44. The highest BCUT2D eigenvalue weighted by Crippen LogP contribution is 2.12. The van der Waals surface area contributed by atoms with Gasteiger partial charge in [-0.05, 0) is 18.9 Å². The third-order valence-electron chi connectivity index (χ3n) is 2.32. The Bertz CT molecular complexity index is 371. The predicted molar refractivity (Wildman–Crippen MR) is 72.5 cm³/mol. The molecule has 94 valence electrons. The molecule has 0 fully saturated rings. The van der Waals surface area contributed by atoms with Crippen molar-refractivity contribution in [2.75, 3.05) is 17.2 Å². The first kappa shape index (κ1) is 14.0. The van der Waals surface area contributed by atoms with Gasteiger partial charge in [-0.15, -0.1) is 0 Å². The molecule has 1 aromatic rings. The lowest BCUT2D eigenvalue weighted by atomic mass is 10.3. The van der Waals surface area contributed by atoms with Crippen LogP contribution in [0.15, 0.2) is 12.3 Å². The molecule has 0 saturated heterocycles. The number of carbonyl (C=O) groups is 1. The molecule has 0 atom stereocenters. The third-order valence-corrected chi connectivity index (χ3v) is 2.59. The van der Waals surface area contributed by atoms with Crippen LogP contribution in [0.3, 0.4) is 0 Å². The van der Waals surface area contributed by atoms with Crippen molar-refractivity contribution in [1.82, 2.24) is 9.97 Å². The van der Waals surface area contributed by atoms with Crippen LogP contribution in [-0.4, -0.2) is 28.2 Å². The summed E-state index contributed by atoms with van der Waals surface area (Å²) in [5, 5.41) is 0. The summed E-state index contributed by atoms with van der Waals surface area (Å²) >= 11 is 4.03. The van der Waals surface area contributed by atoms with Crippen LogP contribution in [0, 0.1) is 0 Å². The first-order chi connectivity index (χ1) is 8.22. The maximum absolute atomic E-state index is 11.8. The summed E-state index contributed by atoms with van der Waals surface area (Å²) in [5.74, 6) is 1.66. The summed E-state index contributed by atoms with van der Waals surface area (Å²) < 4.78 is 0. The molecule has 1 rings (SSSR count). The Morgan fingerprint density at radius 1 is 1.41 bits per heavy atom. The second-order valence-electron chi connectivity index (χ2n) is 3.78. The van der Waals surface area contributed by atoms with Crippen molar-refractivity contribution in [1.29, 1.82) is 0 Å². The van der Waals surface area contributed by atoms with E-state index < -0.39 is 0 Å². The Morgan fingerprint density at radius 2 is 2.18 bits per heavy atom. The first-order valence-electron chi connectivity index (χ1n) is 5.96. The summed E-state index contributed by atoms with van der Waals surface area (Å²) in [5.41, 5.74) is 0. The Kier molecular flexibility index (Phi) is 5.97. The van der Waals surface area contributed by atoms with Crippen LogP contribution in [0.5, 0.6) is 0 Å². The van der Waals surface area contributed by atoms with Crippen LogP contribution in [0.1, 0.15) is 32.5 Å². The lowest BCUT2D eigenvalue weighted by Gasteiger charge is -2.20. The van der Waals surface area contributed by atoms with Gasteiger partial charge in [0.15, 0.2) is 0 Å². The lowest BCUT2D eigenvalue weighted by molar-refractivity contribution is -0.116. The molecule has 0 bridgehead atoms. The van der Waals surface area contributed by atoms with Crippen molar-refractivity contribution < 1.29 is 4.79 Å². The van der Waals surface area contributed by atoms with E-state index in [9.17, 15) is 4.79 Å². The summed E-state index contributed by atoms with van der Waals surface area (Å²) in [6, 6.07) is 1.77. The highest BCUT2D eigenvalue weighted by molar-refractivity contribution is 7.81. The molecule has 0 aliphatic heterocycles. The van der Waals surface area contributed by atoms with Gasteiger partial charge in [-0.3, -0.25) is 9.69 Å². The van der Waals surface area contributed by atoms with Gasteiger partial charge in [-0.25, -0.2) is 9.97 Å². The lowest BCUT2D eigenvalue weighted by Crippen LogP contribution is -2.33. The van der Waals surface area contributed by atoms with Crippen molar-refractivity contribution in [3.8, 4) is 0 Å². The van der Waals surface area contributed by atoms with Crippen LogP contribution in [0.2, 0.25) is 0 Å². The molecule has 0 spiro atoms. The van der Waals surface area contributed by atoms with Crippen molar-refractivity contribution >= 4 is 24.4 Å². The van der Waals surface area contributed by atoms with Gasteiger partial charge in [0.1, 0.15) is 11.6 Å². The smallest absolute Gasteiger partial charge is 0.237 e. The SMILES string of the molecule is CCCc1nccc(N(CCC)C(=O)CS)n1. The van der Waals surface area contributed by atoms with Gasteiger partial charge >= 0.3 is 0 Å². The summed E-state index contributed by atoms with van der Waals surface area (Å²) in [6.45, 7) is 4.79. The minimum atomic E-state index is -0.0173. The molecule has 4 nitrogen and oxygen atoms in total. The summed E-state index contributed by atoms with van der Waals surface area (Å²) in [4.78, 5) is 22.0. The van der Waals surface area contributed by atoms with E-state index in [-0.39, 0.29) is 11.7 Å². The van der Waals surface area contributed by atoms with E-state index in [1.165, 1.54) is 0 Å². The fourth-order valence-electron chi connectivity index (χ4n) is 1.56. The van der Waals surface area contributed by atoms with Gasteiger partial charge < -0.3 is 0 Å². The maximum Gasteiger partial charge on any atom is 0.237 e. The average Bonchev–Trinajstić information content (AvgIpc) is 2.36. The molecule has 1 aromatic heterocycles. The number of anilines is 1. The van der Waals surface area contributed by atoms with Crippen LogP contribution in [-0.2, 0) is 11.2 Å². The van der Waals surface area contributed by atoms with Crippen LogP contribution in [0.4, 0.5) is 5.82 Å². The molecule has 0 aliphatic carbocycles. The normalized spacial score (nSPS) is 10.3. The van der Waals surface area contributed by atoms with Crippen molar-refractivity contribution in [2.24, 2.45) is 0 Å². The van der Waals surface area contributed by atoms with Crippen molar-refractivity contribution in [3.63, 3.8) is 0 Å². The molecule has 0 unspecified atom stereocenters. The molecule has 1 heterocycles. The molecule has 0 aromatic carbocycles. The van der Waals surface area contributed by atoms with Crippen LogP contribution >= 0.6 is 12.6 Å². The minimum absolute atomic E-state index is 0.0173. The van der Waals surface area contributed by atoms with E-state index in [1.807, 2.05) is 6.92 Å². The molecule has 0 aliphatic rings. The molecule has 0 saturated carbocycles. The predicted octanol–water partition coefficient (Wildman–Crippen LogP) is 2.10. The molecule has 0 N–H and O–H groups in total. The minimum Gasteiger partial charge on any atom is -0.296 e. The second-order valence-corrected chi connectivity index (χ2v) is 4.10. The van der Waals surface area contributed by atoms with Crippen LogP contribution in [0.25, 0.3) is 0 Å². The molecule has 17 heavy (non-hydrogen) atoms. The van der Waals surface area contributed by atoms with Gasteiger partial charge in [0.2, 0.25) is 5.91 Å². The number of carbonyl (C=O) groups excluding carboxylic acids is 1. The van der Waals surface area contributed by atoms with Gasteiger partial charge in [-0.2, -0.15) is 12.6 Å². The van der Waals surface area contributed by atoms with Gasteiger partial charge in [0.25, 0.3) is 0 Å². The standard InChI is InChI=1S/C12H19N3OS/c1-3-5-10-13-7-6-11(14-10)15(8-4-2)12(16)9-17/h6-7,17H,3-5,8-9H2,1-2H3. The van der Waals surface area contributed by atoms with Gasteiger partial charge in [0, 0.05) is 19.2 Å². The molecular weight excluding hydrogens is 234 g/mol. The maximum atomic E-state index is 11.8. The zero-order chi connectivity index (χ0) is 12.7. The van der Waals surface area contributed by atoms with Gasteiger partial charge in [0.05, 0.1) is 5.75 Å². The number of aryl methyl sites for hydroxylation is 1. The number of thiol groups is 1. The Labute approximate surface area is 108 Å². The van der Waals surface area contributed by atoms with E-state index >= 15 is 0 Å². The number of amides is 1. The van der Waals surface area contributed by atoms with Crippen LogP contribution < -0.4 is 4.90 Å². The van der Waals surface area contributed by atoms with Crippen molar-refractivity contribution in [3.05, 3.63) is 18.1 Å². The third kappa shape index (κ3) is 4.00. The largest absolute Gasteiger partial charge is 0.296 e.